The maximum absolute atomic E-state index is 13.1. The number of aliphatic hydroxyl groups is 1. The number of nitrogens with zero attached hydrogens (tertiary/aromatic N) is 1. The van der Waals surface area contributed by atoms with Gasteiger partial charge >= 0.3 is 0 Å². The first-order valence-electron chi connectivity index (χ1n) is 11.1. The Balaban J connectivity index is 1.80. The number of rotatable bonds is 8. The maximum atomic E-state index is 13.1. The second kappa shape index (κ2) is 9.77. The predicted octanol–water partition coefficient (Wildman–Crippen LogP) is 5.39. The maximum Gasteiger partial charge on any atom is 0.296 e. The summed E-state index contributed by atoms with van der Waals surface area (Å²) < 4.78 is 11.3. The van der Waals surface area contributed by atoms with Crippen LogP contribution in [0.5, 0.6) is 5.75 Å². The number of benzene rings is 2. The number of hydrogen-bond acceptors (Lipinski definition) is 5. The number of hydrogen-bond donors (Lipinski definition) is 1. The summed E-state index contributed by atoms with van der Waals surface area (Å²) >= 11 is 0. The third-order valence-electron chi connectivity index (χ3n) is 5.71. The van der Waals surface area contributed by atoms with E-state index in [2.05, 4.69) is 6.92 Å². The lowest BCUT2D eigenvalue weighted by atomic mass is 9.95. The lowest BCUT2D eigenvalue weighted by Gasteiger charge is -2.25. The minimum Gasteiger partial charge on any atom is -0.507 e. The van der Waals surface area contributed by atoms with E-state index in [1.54, 1.807) is 24.3 Å². The van der Waals surface area contributed by atoms with Gasteiger partial charge in [-0.1, -0.05) is 55.3 Å². The van der Waals surface area contributed by atoms with Crippen LogP contribution in [0.25, 0.3) is 5.76 Å². The van der Waals surface area contributed by atoms with Gasteiger partial charge in [0.25, 0.3) is 11.7 Å². The summed E-state index contributed by atoms with van der Waals surface area (Å²) in [5, 5.41) is 11.1. The fourth-order valence-corrected chi connectivity index (χ4v) is 3.94. The van der Waals surface area contributed by atoms with Crippen LogP contribution in [0.4, 0.5) is 0 Å². The summed E-state index contributed by atoms with van der Waals surface area (Å²) in [7, 11) is 0. The molecule has 0 bridgehead atoms. The van der Waals surface area contributed by atoms with Crippen molar-refractivity contribution in [3.63, 3.8) is 0 Å². The van der Waals surface area contributed by atoms with Crippen molar-refractivity contribution in [2.75, 3.05) is 6.61 Å². The van der Waals surface area contributed by atoms with E-state index in [9.17, 15) is 14.7 Å². The molecule has 0 spiro atoms. The van der Waals surface area contributed by atoms with E-state index >= 15 is 0 Å². The Morgan fingerprint density at radius 2 is 1.88 bits per heavy atom. The first-order chi connectivity index (χ1) is 16.0. The number of furan rings is 1. The Kier molecular flexibility index (Phi) is 6.63. The largest absolute Gasteiger partial charge is 0.507 e. The van der Waals surface area contributed by atoms with Gasteiger partial charge in [0.05, 0.1) is 31.0 Å². The van der Waals surface area contributed by atoms with Crippen LogP contribution in [0.3, 0.4) is 0 Å². The summed E-state index contributed by atoms with van der Waals surface area (Å²) in [6.45, 7) is 4.72. The van der Waals surface area contributed by atoms with Crippen molar-refractivity contribution in [1.29, 1.82) is 0 Å². The lowest BCUT2D eigenvalue weighted by Crippen LogP contribution is -2.29. The zero-order valence-electron chi connectivity index (χ0n) is 18.8. The van der Waals surface area contributed by atoms with Crippen molar-refractivity contribution >= 4 is 17.4 Å². The van der Waals surface area contributed by atoms with Crippen molar-refractivity contribution in [3.8, 4) is 5.75 Å². The van der Waals surface area contributed by atoms with Gasteiger partial charge in [0.1, 0.15) is 17.3 Å². The molecule has 6 heteroatoms. The van der Waals surface area contributed by atoms with E-state index < -0.39 is 17.7 Å². The van der Waals surface area contributed by atoms with Crippen LogP contribution >= 0.6 is 0 Å². The highest BCUT2D eigenvalue weighted by Gasteiger charge is 2.46. The molecule has 1 fully saturated rings. The van der Waals surface area contributed by atoms with Gasteiger partial charge in [-0.3, -0.25) is 9.59 Å². The Morgan fingerprint density at radius 1 is 1.09 bits per heavy atom. The molecule has 2 heterocycles. The topological polar surface area (TPSA) is 80.0 Å². The first-order valence-corrected chi connectivity index (χ1v) is 11.1. The third-order valence-corrected chi connectivity index (χ3v) is 5.71. The summed E-state index contributed by atoms with van der Waals surface area (Å²) in [5.41, 5.74) is 2.25. The van der Waals surface area contributed by atoms with Gasteiger partial charge in [-0.15, -0.1) is 0 Å². The fraction of sp³-hybridized carbons (Fsp3) is 0.259. The Hall–Kier alpha value is -3.80. The molecule has 1 amide bonds. The lowest BCUT2D eigenvalue weighted by molar-refractivity contribution is -0.140. The molecule has 1 aromatic heterocycles. The minimum absolute atomic E-state index is 0.0566. The molecule has 1 unspecified atom stereocenters. The van der Waals surface area contributed by atoms with E-state index in [0.29, 0.717) is 29.2 Å². The molecule has 1 aliphatic heterocycles. The van der Waals surface area contributed by atoms with Gasteiger partial charge in [-0.2, -0.15) is 0 Å². The van der Waals surface area contributed by atoms with Gasteiger partial charge in [-0.25, -0.2) is 0 Å². The number of unbranched alkanes of at least 4 members (excludes halogenated alkanes) is 1. The van der Waals surface area contributed by atoms with Crippen molar-refractivity contribution in [3.05, 3.63) is 95.0 Å². The Morgan fingerprint density at radius 3 is 2.58 bits per heavy atom. The summed E-state index contributed by atoms with van der Waals surface area (Å²) in [4.78, 5) is 27.6. The molecule has 1 atom stereocenters. The van der Waals surface area contributed by atoms with Gasteiger partial charge in [-0.05, 0) is 43.2 Å². The number of amides is 1. The molecule has 0 saturated carbocycles. The van der Waals surface area contributed by atoms with E-state index in [-0.39, 0.29) is 17.9 Å². The van der Waals surface area contributed by atoms with Gasteiger partial charge in [0.15, 0.2) is 0 Å². The standard InChI is InChI=1S/C27H27NO5/c1-3-4-14-32-21-8-5-7-20(16-21)24-23(25(29)19-12-10-18(2)11-13-19)26(30)27(31)28(24)17-22-9-6-15-33-22/h5-13,15-16,24,29H,3-4,14,17H2,1-2H3/b25-23+. The van der Waals surface area contributed by atoms with E-state index in [1.807, 2.05) is 43.3 Å². The van der Waals surface area contributed by atoms with Gasteiger partial charge in [0, 0.05) is 5.56 Å². The molecule has 2 aromatic carbocycles. The monoisotopic (exact) mass is 445 g/mol. The van der Waals surface area contributed by atoms with Gasteiger partial charge < -0.3 is 19.2 Å². The van der Waals surface area contributed by atoms with Crippen molar-refractivity contribution in [2.45, 2.75) is 39.3 Å². The average molecular weight is 446 g/mol. The van der Waals surface area contributed by atoms with Crippen LogP contribution in [-0.4, -0.2) is 28.3 Å². The van der Waals surface area contributed by atoms with Crippen LogP contribution in [0.2, 0.25) is 0 Å². The zero-order valence-corrected chi connectivity index (χ0v) is 18.8. The highest BCUT2D eigenvalue weighted by molar-refractivity contribution is 6.46. The molecule has 1 aliphatic rings. The molecule has 170 valence electrons. The quantitative estimate of drug-likeness (QED) is 0.218. The summed E-state index contributed by atoms with van der Waals surface area (Å²) in [5.74, 6) is -0.394. The molecule has 6 nitrogen and oxygen atoms in total. The number of aryl methyl sites for hydroxylation is 1. The second-order valence-corrected chi connectivity index (χ2v) is 8.15. The zero-order chi connectivity index (χ0) is 23.4. The molecular weight excluding hydrogens is 418 g/mol. The van der Waals surface area contributed by atoms with E-state index in [1.165, 1.54) is 11.2 Å². The third kappa shape index (κ3) is 4.70. The van der Waals surface area contributed by atoms with Crippen LogP contribution in [0.1, 0.15) is 48.3 Å². The number of ether oxygens (including phenoxy) is 1. The fourth-order valence-electron chi connectivity index (χ4n) is 3.94. The number of Topliss-reactive ketones (excluding diaryl/α,β-unsaturated/α-hetero) is 1. The van der Waals surface area contributed by atoms with Crippen molar-refractivity contribution in [2.24, 2.45) is 0 Å². The van der Waals surface area contributed by atoms with Crippen molar-refractivity contribution < 1.29 is 23.8 Å². The number of carbonyl (C=O) groups is 2. The number of carbonyl (C=O) groups excluding carboxylic acids is 2. The molecule has 0 radical (unpaired) electrons. The normalized spacial score (nSPS) is 17.5. The molecule has 1 saturated heterocycles. The molecule has 3 aromatic rings. The molecule has 0 aliphatic carbocycles. The van der Waals surface area contributed by atoms with Crippen LogP contribution in [0.15, 0.2) is 76.9 Å². The highest BCUT2D eigenvalue weighted by atomic mass is 16.5. The molecular formula is C27H27NO5. The Bertz CT molecular complexity index is 1160. The number of ketones is 1. The predicted molar refractivity (Wildman–Crippen MR) is 125 cm³/mol. The van der Waals surface area contributed by atoms with Crippen LogP contribution < -0.4 is 4.74 Å². The average Bonchev–Trinajstić information content (AvgIpc) is 3.42. The van der Waals surface area contributed by atoms with E-state index in [0.717, 1.165) is 18.4 Å². The second-order valence-electron chi connectivity index (χ2n) is 8.15. The molecule has 4 rings (SSSR count). The Labute approximate surface area is 193 Å². The summed E-state index contributed by atoms with van der Waals surface area (Å²) in [6.07, 6.45) is 3.46. The van der Waals surface area contributed by atoms with Gasteiger partial charge in [0.2, 0.25) is 0 Å². The first kappa shape index (κ1) is 22.4. The van der Waals surface area contributed by atoms with E-state index in [4.69, 9.17) is 9.15 Å². The minimum atomic E-state index is -0.772. The smallest absolute Gasteiger partial charge is 0.296 e. The van der Waals surface area contributed by atoms with Crippen molar-refractivity contribution in [1.82, 2.24) is 4.90 Å². The number of aliphatic hydroxyl groups excluding tert-OH is 1. The molecule has 33 heavy (non-hydrogen) atoms. The number of likely N-dealkylation sites (tertiary alicyclic amines) is 1. The van der Waals surface area contributed by atoms with Crippen LogP contribution in [-0.2, 0) is 16.1 Å². The highest BCUT2D eigenvalue weighted by Crippen LogP contribution is 2.41. The SMILES string of the molecule is CCCCOc1cccc(C2/C(=C(\O)c3ccc(C)cc3)C(=O)C(=O)N2Cc2ccco2)c1. The molecule has 1 N–H and O–H groups in total. The van der Waals surface area contributed by atoms with Crippen LogP contribution in [0, 0.1) is 6.92 Å². The summed E-state index contributed by atoms with van der Waals surface area (Å²) in [6, 6.07) is 17.2.